The number of imidazole rings is 1. The summed E-state index contributed by atoms with van der Waals surface area (Å²) < 4.78 is 29.0. The minimum Gasteiger partial charge on any atom is -0.333 e. The van der Waals surface area contributed by atoms with Gasteiger partial charge in [-0.2, -0.15) is 4.31 Å². The number of piperazine rings is 1. The Morgan fingerprint density at radius 1 is 1.12 bits per heavy atom. The van der Waals surface area contributed by atoms with Crippen LogP contribution in [-0.2, 0) is 16.6 Å². The number of nitrogens with zero attached hydrogens (tertiary/aromatic N) is 5. The van der Waals surface area contributed by atoms with Gasteiger partial charge in [0.25, 0.3) is 0 Å². The lowest BCUT2D eigenvalue weighted by Gasteiger charge is -2.34. The molecule has 0 N–H and O–H groups in total. The first kappa shape index (κ1) is 18.0. The number of rotatable bonds is 6. The van der Waals surface area contributed by atoms with Gasteiger partial charge in [0.15, 0.2) is 0 Å². The van der Waals surface area contributed by atoms with Gasteiger partial charge in [-0.3, -0.25) is 9.88 Å². The molecule has 0 aliphatic carbocycles. The van der Waals surface area contributed by atoms with Crippen molar-refractivity contribution < 1.29 is 8.42 Å². The lowest BCUT2D eigenvalue weighted by atomic mass is 10.2. The zero-order valence-corrected chi connectivity index (χ0v) is 15.6. The SMILES string of the molecule is CC(C)c1nccn1CCN1CCN(S(=O)(=O)c2cccnc2)CC1. The zero-order chi connectivity index (χ0) is 17.9. The van der Waals surface area contributed by atoms with Crippen LogP contribution in [0.2, 0.25) is 0 Å². The largest absolute Gasteiger partial charge is 0.333 e. The molecule has 0 unspecified atom stereocenters. The Kier molecular flexibility index (Phi) is 5.51. The fourth-order valence-corrected chi connectivity index (χ4v) is 4.49. The van der Waals surface area contributed by atoms with E-state index in [1.54, 1.807) is 22.6 Å². The van der Waals surface area contributed by atoms with Crippen LogP contribution in [0.25, 0.3) is 0 Å². The average molecular weight is 363 g/mol. The maximum absolute atomic E-state index is 12.6. The molecule has 136 valence electrons. The van der Waals surface area contributed by atoms with Gasteiger partial charge in [-0.25, -0.2) is 13.4 Å². The summed E-state index contributed by atoms with van der Waals surface area (Å²) in [6, 6.07) is 3.25. The van der Waals surface area contributed by atoms with Gasteiger partial charge in [-0.1, -0.05) is 13.8 Å². The summed E-state index contributed by atoms with van der Waals surface area (Å²) in [7, 11) is -3.43. The Morgan fingerprint density at radius 2 is 1.88 bits per heavy atom. The van der Waals surface area contributed by atoms with Gasteiger partial charge in [0.2, 0.25) is 10.0 Å². The van der Waals surface area contributed by atoms with E-state index in [4.69, 9.17) is 0 Å². The normalized spacial score (nSPS) is 17.2. The van der Waals surface area contributed by atoms with Crippen LogP contribution in [0.5, 0.6) is 0 Å². The molecule has 1 aliphatic rings. The molecule has 0 spiro atoms. The molecular weight excluding hydrogens is 338 g/mol. The van der Waals surface area contributed by atoms with Crippen molar-refractivity contribution in [2.45, 2.75) is 31.2 Å². The molecule has 0 saturated carbocycles. The van der Waals surface area contributed by atoms with Crippen LogP contribution >= 0.6 is 0 Å². The maximum Gasteiger partial charge on any atom is 0.244 e. The summed E-state index contributed by atoms with van der Waals surface area (Å²) in [6.45, 7) is 8.56. The molecule has 25 heavy (non-hydrogen) atoms. The minimum absolute atomic E-state index is 0.267. The quantitative estimate of drug-likeness (QED) is 0.776. The van der Waals surface area contributed by atoms with Crippen molar-refractivity contribution in [3.05, 3.63) is 42.7 Å². The van der Waals surface area contributed by atoms with Crippen LogP contribution < -0.4 is 0 Å². The first-order chi connectivity index (χ1) is 12.0. The Hall–Kier alpha value is -1.77. The van der Waals surface area contributed by atoms with E-state index >= 15 is 0 Å². The first-order valence-electron chi connectivity index (χ1n) is 8.62. The van der Waals surface area contributed by atoms with Gasteiger partial charge >= 0.3 is 0 Å². The third-order valence-corrected chi connectivity index (χ3v) is 6.41. The van der Waals surface area contributed by atoms with Gasteiger partial charge < -0.3 is 4.57 Å². The van der Waals surface area contributed by atoms with Crippen molar-refractivity contribution >= 4 is 10.0 Å². The van der Waals surface area contributed by atoms with Gasteiger partial charge in [-0.05, 0) is 12.1 Å². The van der Waals surface area contributed by atoms with Gasteiger partial charge in [-0.15, -0.1) is 0 Å². The monoisotopic (exact) mass is 363 g/mol. The fraction of sp³-hybridized carbons (Fsp3) is 0.529. The minimum atomic E-state index is -3.43. The Balaban J connectivity index is 1.55. The lowest BCUT2D eigenvalue weighted by Crippen LogP contribution is -2.49. The molecular formula is C17H25N5O2S. The Morgan fingerprint density at radius 3 is 2.52 bits per heavy atom. The van der Waals surface area contributed by atoms with Gasteiger partial charge in [0, 0.05) is 70.0 Å². The molecule has 0 aromatic carbocycles. The van der Waals surface area contributed by atoms with E-state index in [2.05, 4.69) is 33.3 Å². The van der Waals surface area contributed by atoms with Crippen molar-refractivity contribution in [3.8, 4) is 0 Å². The molecule has 0 radical (unpaired) electrons. The summed E-state index contributed by atoms with van der Waals surface area (Å²) in [4.78, 5) is 10.9. The number of aromatic nitrogens is 3. The summed E-state index contributed by atoms with van der Waals surface area (Å²) in [5.74, 6) is 1.49. The maximum atomic E-state index is 12.6. The average Bonchev–Trinajstić information content (AvgIpc) is 3.10. The predicted molar refractivity (Wildman–Crippen MR) is 95.8 cm³/mol. The third-order valence-electron chi connectivity index (χ3n) is 4.52. The standard InChI is InChI=1S/C17H25N5O2S/c1-15(2)17-19-6-7-21(17)11-8-20-9-12-22(13-10-20)25(23,24)16-4-3-5-18-14-16/h3-7,14-15H,8-13H2,1-2H3. The molecule has 0 amide bonds. The molecule has 8 heteroatoms. The first-order valence-corrected chi connectivity index (χ1v) is 10.1. The van der Waals surface area contributed by atoms with E-state index in [1.807, 2.05) is 12.4 Å². The number of hydrogen-bond acceptors (Lipinski definition) is 5. The number of sulfonamides is 1. The number of pyridine rings is 1. The lowest BCUT2D eigenvalue weighted by molar-refractivity contribution is 0.182. The van der Waals surface area contributed by atoms with Crippen molar-refractivity contribution in [2.24, 2.45) is 0 Å². The van der Waals surface area contributed by atoms with Crippen LogP contribution in [-0.4, -0.2) is 64.9 Å². The van der Waals surface area contributed by atoms with E-state index in [1.165, 1.54) is 6.20 Å². The summed E-state index contributed by atoms with van der Waals surface area (Å²) >= 11 is 0. The summed E-state index contributed by atoms with van der Waals surface area (Å²) in [6.07, 6.45) is 6.85. The van der Waals surface area contributed by atoms with Crippen LogP contribution in [0.15, 0.2) is 41.8 Å². The molecule has 2 aromatic heterocycles. The molecule has 1 saturated heterocycles. The highest BCUT2D eigenvalue weighted by Gasteiger charge is 2.28. The van der Waals surface area contributed by atoms with Crippen LogP contribution in [0.3, 0.4) is 0 Å². The van der Waals surface area contributed by atoms with Crippen LogP contribution in [0.4, 0.5) is 0 Å². The second-order valence-electron chi connectivity index (χ2n) is 6.57. The fourth-order valence-electron chi connectivity index (χ4n) is 3.10. The summed E-state index contributed by atoms with van der Waals surface area (Å²) in [5, 5.41) is 0. The Bertz CT molecular complexity index is 780. The molecule has 3 heterocycles. The molecule has 2 aromatic rings. The van der Waals surface area contributed by atoms with E-state index < -0.39 is 10.0 Å². The topological polar surface area (TPSA) is 71.3 Å². The highest BCUT2D eigenvalue weighted by atomic mass is 32.2. The highest BCUT2D eigenvalue weighted by molar-refractivity contribution is 7.89. The molecule has 7 nitrogen and oxygen atoms in total. The second kappa shape index (κ2) is 7.63. The molecule has 3 rings (SSSR count). The van der Waals surface area contributed by atoms with Crippen molar-refractivity contribution in [1.29, 1.82) is 0 Å². The van der Waals surface area contributed by atoms with Crippen molar-refractivity contribution in [2.75, 3.05) is 32.7 Å². The number of hydrogen-bond donors (Lipinski definition) is 0. The van der Waals surface area contributed by atoms with Crippen molar-refractivity contribution in [1.82, 2.24) is 23.7 Å². The second-order valence-corrected chi connectivity index (χ2v) is 8.51. The molecule has 1 aliphatic heterocycles. The third kappa shape index (κ3) is 4.08. The van der Waals surface area contributed by atoms with Crippen LogP contribution in [0.1, 0.15) is 25.6 Å². The van der Waals surface area contributed by atoms with Crippen molar-refractivity contribution in [3.63, 3.8) is 0 Å². The highest BCUT2D eigenvalue weighted by Crippen LogP contribution is 2.17. The zero-order valence-electron chi connectivity index (χ0n) is 14.7. The summed E-state index contributed by atoms with van der Waals surface area (Å²) in [5.41, 5.74) is 0. The van der Waals surface area contributed by atoms with E-state index in [0.717, 1.165) is 32.0 Å². The van der Waals surface area contributed by atoms with E-state index in [0.29, 0.717) is 19.0 Å². The van der Waals surface area contributed by atoms with E-state index in [9.17, 15) is 8.42 Å². The van der Waals surface area contributed by atoms with Gasteiger partial charge in [0.1, 0.15) is 10.7 Å². The van der Waals surface area contributed by atoms with Gasteiger partial charge in [0.05, 0.1) is 0 Å². The molecule has 0 atom stereocenters. The Labute approximate surface area is 149 Å². The smallest absolute Gasteiger partial charge is 0.244 e. The van der Waals surface area contributed by atoms with E-state index in [-0.39, 0.29) is 4.90 Å². The predicted octanol–water partition coefficient (Wildman–Crippen LogP) is 1.41. The molecule has 1 fully saturated rings. The van der Waals surface area contributed by atoms with Crippen LogP contribution in [0, 0.1) is 0 Å². The molecule has 0 bridgehead atoms.